The van der Waals surface area contributed by atoms with E-state index < -0.39 is 22.5 Å². The van der Waals surface area contributed by atoms with E-state index in [4.69, 9.17) is 0 Å². The summed E-state index contributed by atoms with van der Waals surface area (Å²) in [5, 5.41) is 17.0. The highest BCUT2D eigenvalue weighted by atomic mass is 16.6. The second kappa shape index (κ2) is 9.98. The molecule has 0 radical (unpaired) electrons. The Hall–Kier alpha value is -4.54. The molecule has 0 saturated heterocycles. The van der Waals surface area contributed by atoms with E-state index in [2.05, 4.69) is 41.5 Å². The average Bonchev–Trinajstić information content (AvgIpc) is 3.14. The number of nitro groups is 1. The van der Waals surface area contributed by atoms with E-state index in [0.717, 1.165) is 24.8 Å². The van der Waals surface area contributed by atoms with Crippen LogP contribution < -0.4 is 15.9 Å². The van der Waals surface area contributed by atoms with E-state index in [1.165, 1.54) is 11.1 Å². The van der Waals surface area contributed by atoms with Gasteiger partial charge in [-0.3, -0.25) is 25.1 Å². The van der Waals surface area contributed by atoms with Crippen LogP contribution in [0.4, 0.5) is 11.4 Å². The summed E-state index contributed by atoms with van der Waals surface area (Å²) in [5.41, 5.74) is 6.95. The molecule has 0 aliphatic carbocycles. The predicted octanol–water partition coefficient (Wildman–Crippen LogP) is 3.61. The van der Waals surface area contributed by atoms with Gasteiger partial charge in [0.15, 0.2) is 0 Å². The number of hydrazine groups is 1. The first kappa shape index (κ1) is 26.1. The van der Waals surface area contributed by atoms with Crippen LogP contribution in [0.15, 0.2) is 58.8 Å². The molecule has 2 amide bonds. The second-order valence-corrected chi connectivity index (χ2v) is 9.16. The lowest BCUT2D eigenvalue weighted by Crippen LogP contribution is -2.38. The SMILES string of the molecule is COC(=O)c1ccc(C(=O)NN/C(C)=C2\C(=O)N(c3ccc(C(C)(C)C)cc3)N=C2C)cc1[N+](=O)[O-]. The zero-order valence-electron chi connectivity index (χ0n) is 20.8. The van der Waals surface area contributed by atoms with Gasteiger partial charge >= 0.3 is 5.97 Å². The maximum atomic E-state index is 13.1. The van der Waals surface area contributed by atoms with Gasteiger partial charge in [-0.2, -0.15) is 10.1 Å². The Labute approximate surface area is 207 Å². The van der Waals surface area contributed by atoms with Gasteiger partial charge in [0.25, 0.3) is 17.5 Å². The third-order valence-corrected chi connectivity index (χ3v) is 5.60. The molecule has 0 atom stereocenters. The Kier molecular flexibility index (Phi) is 7.23. The molecule has 1 heterocycles. The number of esters is 1. The van der Waals surface area contributed by atoms with Gasteiger partial charge in [0, 0.05) is 17.3 Å². The van der Waals surface area contributed by atoms with Gasteiger partial charge in [-0.05, 0) is 49.1 Å². The summed E-state index contributed by atoms with van der Waals surface area (Å²) in [6, 6.07) is 10.9. The summed E-state index contributed by atoms with van der Waals surface area (Å²) < 4.78 is 4.54. The number of benzene rings is 2. The van der Waals surface area contributed by atoms with Crippen molar-refractivity contribution in [3.63, 3.8) is 0 Å². The molecule has 11 nitrogen and oxygen atoms in total. The van der Waals surface area contributed by atoms with Crippen molar-refractivity contribution < 1.29 is 24.0 Å². The molecule has 1 aliphatic heterocycles. The number of hydrazone groups is 1. The fourth-order valence-corrected chi connectivity index (χ4v) is 3.61. The second-order valence-electron chi connectivity index (χ2n) is 9.16. The molecule has 1 aliphatic rings. The van der Waals surface area contributed by atoms with E-state index in [1.807, 2.05) is 24.3 Å². The number of hydrogen-bond acceptors (Lipinski definition) is 8. The van der Waals surface area contributed by atoms with Crippen molar-refractivity contribution in [3.8, 4) is 0 Å². The minimum absolute atomic E-state index is 0.0312. The van der Waals surface area contributed by atoms with Crippen LogP contribution in [0.25, 0.3) is 0 Å². The van der Waals surface area contributed by atoms with E-state index in [9.17, 15) is 24.5 Å². The molecule has 2 aromatic rings. The molecule has 0 aromatic heterocycles. The van der Waals surface area contributed by atoms with Crippen molar-refractivity contribution in [1.82, 2.24) is 10.9 Å². The predicted molar refractivity (Wildman–Crippen MR) is 133 cm³/mol. The lowest BCUT2D eigenvalue weighted by atomic mass is 9.87. The number of rotatable bonds is 6. The molecule has 0 fully saturated rings. The summed E-state index contributed by atoms with van der Waals surface area (Å²) in [6.07, 6.45) is 0. The van der Waals surface area contributed by atoms with Crippen molar-refractivity contribution >= 4 is 34.9 Å². The van der Waals surface area contributed by atoms with Crippen LogP contribution in [-0.2, 0) is 14.9 Å². The van der Waals surface area contributed by atoms with Crippen LogP contribution in [0.3, 0.4) is 0 Å². The number of amides is 2. The van der Waals surface area contributed by atoms with Gasteiger partial charge in [0.1, 0.15) is 5.56 Å². The topological polar surface area (TPSA) is 143 Å². The Morgan fingerprint density at radius 2 is 1.72 bits per heavy atom. The zero-order valence-corrected chi connectivity index (χ0v) is 20.8. The van der Waals surface area contributed by atoms with Crippen LogP contribution in [0.2, 0.25) is 0 Å². The molecule has 188 valence electrons. The number of methoxy groups -OCH3 is 1. The van der Waals surface area contributed by atoms with Crippen molar-refractivity contribution in [2.45, 2.75) is 40.0 Å². The number of ether oxygens (including phenoxy) is 1. The minimum Gasteiger partial charge on any atom is -0.465 e. The van der Waals surface area contributed by atoms with Crippen LogP contribution in [0.1, 0.15) is 60.9 Å². The number of hydrogen-bond donors (Lipinski definition) is 2. The lowest BCUT2D eigenvalue weighted by Gasteiger charge is -2.20. The summed E-state index contributed by atoms with van der Waals surface area (Å²) >= 11 is 0. The number of anilines is 1. The molecule has 0 spiro atoms. The summed E-state index contributed by atoms with van der Waals surface area (Å²) in [5.74, 6) is -1.96. The molecule has 0 unspecified atom stereocenters. The zero-order chi connectivity index (χ0) is 26.8. The molecule has 11 heteroatoms. The van der Waals surface area contributed by atoms with Crippen molar-refractivity contribution in [3.05, 3.63) is 80.5 Å². The van der Waals surface area contributed by atoms with Gasteiger partial charge in [-0.1, -0.05) is 32.9 Å². The first-order valence-electron chi connectivity index (χ1n) is 11.0. The lowest BCUT2D eigenvalue weighted by molar-refractivity contribution is -0.385. The van der Waals surface area contributed by atoms with Gasteiger partial charge < -0.3 is 10.2 Å². The van der Waals surface area contributed by atoms with Crippen molar-refractivity contribution in [2.24, 2.45) is 5.10 Å². The highest BCUT2D eigenvalue weighted by molar-refractivity contribution is 6.30. The number of allylic oxidation sites excluding steroid dienone is 1. The first-order chi connectivity index (χ1) is 16.8. The standard InChI is InChI=1S/C25H27N5O6/c1-14(26-27-22(31)16-7-12-19(24(33)36-6)20(13-16)30(34)35)21-15(2)28-29(23(21)32)18-10-8-17(9-11-18)25(3,4)5/h7-13,26H,1-6H3,(H,27,31)/b21-14-. The number of nitro benzene ring substituents is 1. The van der Waals surface area contributed by atoms with Gasteiger partial charge in [0.2, 0.25) is 0 Å². The molecular formula is C25H27N5O6. The van der Waals surface area contributed by atoms with E-state index in [-0.39, 0.29) is 28.0 Å². The van der Waals surface area contributed by atoms with E-state index in [1.54, 1.807) is 13.8 Å². The molecular weight excluding hydrogens is 466 g/mol. The largest absolute Gasteiger partial charge is 0.465 e. The summed E-state index contributed by atoms with van der Waals surface area (Å²) in [6.45, 7) is 9.57. The summed E-state index contributed by atoms with van der Waals surface area (Å²) in [7, 11) is 1.10. The normalized spacial score (nSPS) is 14.8. The molecule has 0 saturated carbocycles. The highest BCUT2D eigenvalue weighted by Crippen LogP contribution is 2.28. The minimum atomic E-state index is -0.889. The summed E-state index contributed by atoms with van der Waals surface area (Å²) in [4.78, 5) is 48.0. The smallest absolute Gasteiger partial charge is 0.344 e. The Bertz CT molecular complexity index is 1310. The van der Waals surface area contributed by atoms with Gasteiger partial charge in [0.05, 0.1) is 29.0 Å². The van der Waals surface area contributed by atoms with Gasteiger partial charge in [-0.25, -0.2) is 4.79 Å². The molecule has 36 heavy (non-hydrogen) atoms. The maximum absolute atomic E-state index is 13.1. The van der Waals surface area contributed by atoms with Crippen LogP contribution in [0.5, 0.6) is 0 Å². The fraction of sp³-hybridized carbons (Fsp3) is 0.280. The molecule has 0 bridgehead atoms. The van der Waals surface area contributed by atoms with E-state index >= 15 is 0 Å². The molecule has 3 rings (SSSR count). The van der Waals surface area contributed by atoms with Gasteiger partial charge in [-0.15, -0.1) is 0 Å². The number of nitrogens with one attached hydrogen (secondary N) is 2. The number of nitrogens with zero attached hydrogens (tertiary/aromatic N) is 3. The average molecular weight is 494 g/mol. The fourth-order valence-electron chi connectivity index (χ4n) is 3.61. The van der Waals surface area contributed by atoms with Crippen molar-refractivity contribution in [2.75, 3.05) is 12.1 Å². The van der Waals surface area contributed by atoms with Crippen LogP contribution in [0, 0.1) is 10.1 Å². The Morgan fingerprint density at radius 1 is 1.08 bits per heavy atom. The van der Waals surface area contributed by atoms with Crippen molar-refractivity contribution in [1.29, 1.82) is 0 Å². The third-order valence-electron chi connectivity index (χ3n) is 5.60. The van der Waals surface area contributed by atoms with Crippen LogP contribution >= 0.6 is 0 Å². The van der Waals surface area contributed by atoms with E-state index in [0.29, 0.717) is 17.1 Å². The Morgan fingerprint density at radius 3 is 2.28 bits per heavy atom. The first-order valence-corrected chi connectivity index (χ1v) is 11.0. The van der Waals surface area contributed by atoms with Crippen LogP contribution in [-0.4, -0.2) is 35.5 Å². The molecule has 2 N–H and O–H groups in total. The number of carbonyl (C=O) groups excluding carboxylic acids is 3. The third kappa shape index (κ3) is 5.24. The monoisotopic (exact) mass is 493 g/mol. The number of carbonyl (C=O) groups is 3. The highest BCUT2D eigenvalue weighted by Gasteiger charge is 2.31. The maximum Gasteiger partial charge on any atom is 0.344 e. The quantitative estimate of drug-likeness (QED) is 0.271. The molecule has 2 aromatic carbocycles. The Balaban J connectivity index is 1.77.